The van der Waals surface area contributed by atoms with Crippen molar-refractivity contribution in [2.45, 2.75) is 26.3 Å². The number of anilines is 1. The van der Waals surface area contributed by atoms with Crippen molar-refractivity contribution in [1.29, 1.82) is 0 Å². The second-order valence-corrected chi connectivity index (χ2v) is 7.87. The number of rotatable bonds is 5. The molecule has 1 amide bonds. The van der Waals surface area contributed by atoms with Crippen LogP contribution in [0.15, 0.2) is 52.1 Å². The number of aliphatic imine (C=N–C) groups is 1. The van der Waals surface area contributed by atoms with Gasteiger partial charge in [0.1, 0.15) is 0 Å². The van der Waals surface area contributed by atoms with Crippen LogP contribution in [0.25, 0.3) is 0 Å². The summed E-state index contributed by atoms with van der Waals surface area (Å²) in [4.78, 5) is 23.9. The van der Waals surface area contributed by atoms with Gasteiger partial charge in [-0.3, -0.25) is 9.79 Å². The lowest BCUT2D eigenvalue weighted by Crippen LogP contribution is -2.53. The van der Waals surface area contributed by atoms with Crippen molar-refractivity contribution < 1.29 is 9.21 Å². The fourth-order valence-electron chi connectivity index (χ4n) is 4.34. The van der Waals surface area contributed by atoms with Crippen molar-refractivity contribution >= 4 is 41.5 Å². The molecule has 2 aliphatic heterocycles. The maximum atomic E-state index is 12.5. The highest BCUT2D eigenvalue weighted by molar-refractivity contribution is 14.0. The Morgan fingerprint density at radius 1 is 1.13 bits per heavy atom. The van der Waals surface area contributed by atoms with E-state index in [4.69, 9.17) is 9.41 Å². The van der Waals surface area contributed by atoms with Gasteiger partial charge in [0.2, 0.25) is 0 Å². The molecule has 7 nitrogen and oxygen atoms in total. The monoisotopic (exact) mass is 537 g/mol. The minimum atomic E-state index is -0.0386. The van der Waals surface area contributed by atoms with E-state index in [9.17, 15) is 4.79 Å². The molecule has 1 N–H and O–H groups in total. The van der Waals surface area contributed by atoms with Crippen molar-refractivity contribution in [3.05, 3.63) is 54.0 Å². The summed E-state index contributed by atoms with van der Waals surface area (Å²) in [5, 5.41) is 3.42. The van der Waals surface area contributed by atoms with Crippen LogP contribution in [0.3, 0.4) is 0 Å². The van der Waals surface area contributed by atoms with Crippen LogP contribution < -0.4 is 10.2 Å². The van der Waals surface area contributed by atoms with Gasteiger partial charge in [-0.1, -0.05) is 18.2 Å². The number of carbonyl (C=O) groups excluding carboxylic acids is 1. The summed E-state index contributed by atoms with van der Waals surface area (Å²) in [5.74, 6) is 1.30. The summed E-state index contributed by atoms with van der Waals surface area (Å²) in [6.45, 7) is 9.71. The Morgan fingerprint density at radius 2 is 1.87 bits per heavy atom. The number of nitrogens with zero attached hydrogens (tertiary/aromatic N) is 4. The van der Waals surface area contributed by atoms with E-state index in [1.165, 1.54) is 11.3 Å². The first-order valence-electron chi connectivity index (χ1n) is 10.9. The van der Waals surface area contributed by atoms with E-state index in [0.717, 1.165) is 45.1 Å². The number of amides is 1. The molecule has 0 aliphatic carbocycles. The van der Waals surface area contributed by atoms with Gasteiger partial charge in [-0.2, -0.15) is 0 Å². The van der Waals surface area contributed by atoms with Crippen LogP contribution in [0.1, 0.15) is 30.0 Å². The van der Waals surface area contributed by atoms with Crippen molar-refractivity contribution in [1.82, 2.24) is 15.1 Å². The first-order valence-corrected chi connectivity index (χ1v) is 10.9. The molecule has 3 heterocycles. The Labute approximate surface area is 201 Å². The number of halogens is 1. The van der Waals surface area contributed by atoms with Crippen LogP contribution in [0.4, 0.5) is 5.69 Å². The summed E-state index contributed by atoms with van der Waals surface area (Å²) < 4.78 is 5.25. The fraction of sp³-hybridized carbons (Fsp3) is 0.478. The molecule has 1 saturated heterocycles. The molecule has 1 aromatic heterocycles. The van der Waals surface area contributed by atoms with E-state index in [2.05, 4.69) is 53.2 Å². The quantitative estimate of drug-likeness (QED) is 0.361. The first kappa shape index (κ1) is 23.4. The number of nitrogens with one attached hydrogen (secondary N) is 1. The van der Waals surface area contributed by atoms with Crippen molar-refractivity contribution in [3.8, 4) is 0 Å². The van der Waals surface area contributed by atoms with Crippen LogP contribution in [-0.4, -0.2) is 73.5 Å². The number of benzene rings is 1. The molecule has 1 atom stereocenters. The SMILES string of the molecule is CCNC(=NCCN1c2ccccc2CC1C)N1CCN(C(=O)c2ccco2)CC1.I. The summed E-state index contributed by atoms with van der Waals surface area (Å²) in [5.41, 5.74) is 2.77. The number of fused-ring (bicyclic) bond motifs is 1. The molecule has 0 radical (unpaired) electrons. The lowest BCUT2D eigenvalue weighted by molar-refractivity contribution is 0.0657. The van der Waals surface area contributed by atoms with Crippen molar-refractivity contribution in [3.63, 3.8) is 0 Å². The van der Waals surface area contributed by atoms with Crippen molar-refractivity contribution in [2.75, 3.05) is 50.7 Å². The zero-order valence-electron chi connectivity index (χ0n) is 18.3. The van der Waals surface area contributed by atoms with Gasteiger partial charge in [0, 0.05) is 51.0 Å². The molecule has 1 unspecified atom stereocenters. The van der Waals surface area contributed by atoms with Gasteiger partial charge in [0.05, 0.1) is 12.8 Å². The predicted molar refractivity (Wildman–Crippen MR) is 135 cm³/mol. The number of hydrogen-bond donors (Lipinski definition) is 1. The summed E-state index contributed by atoms with van der Waals surface area (Å²) >= 11 is 0. The smallest absolute Gasteiger partial charge is 0.289 e. The largest absolute Gasteiger partial charge is 0.459 e. The van der Waals surface area contributed by atoms with Gasteiger partial charge in [-0.25, -0.2) is 0 Å². The fourth-order valence-corrected chi connectivity index (χ4v) is 4.34. The highest BCUT2D eigenvalue weighted by Crippen LogP contribution is 2.31. The number of hydrogen-bond acceptors (Lipinski definition) is 4. The number of piperazine rings is 1. The summed E-state index contributed by atoms with van der Waals surface area (Å²) in [6.07, 6.45) is 2.64. The van der Waals surface area contributed by atoms with Gasteiger partial charge < -0.3 is 24.4 Å². The molecule has 31 heavy (non-hydrogen) atoms. The molecule has 2 aromatic rings. The van der Waals surface area contributed by atoms with Gasteiger partial charge in [-0.15, -0.1) is 24.0 Å². The van der Waals surface area contributed by atoms with E-state index in [0.29, 0.717) is 24.9 Å². The third kappa shape index (κ3) is 5.34. The zero-order valence-corrected chi connectivity index (χ0v) is 20.6. The Hall–Kier alpha value is -2.23. The second kappa shape index (κ2) is 10.9. The number of furan rings is 1. The van der Waals surface area contributed by atoms with Crippen LogP contribution in [-0.2, 0) is 6.42 Å². The average Bonchev–Trinajstić information content (AvgIpc) is 3.41. The van der Waals surface area contributed by atoms with Crippen LogP contribution in [0, 0.1) is 0 Å². The number of para-hydroxylation sites is 1. The van der Waals surface area contributed by atoms with E-state index in [-0.39, 0.29) is 29.9 Å². The molecule has 1 aromatic carbocycles. The first-order chi connectivity index (χ1) is 14.7. The minimum Gasteiger partial charge on any atom is -0.459 e. The molecule has 168 valence electrons. The Kier molecular flexibility index (Phi) is 8.22. The highest BCUT2D eigenvalue weighted by Gasteiger charge is 2.26. The van der Waals surface area contributed by atoms with E-state index in [1.807, 2.05) is 4.90 Å². The number of guanidine groups is 1. The van der Waals surface area contributed by atoms with Gasteiger partial charge in [-0.05, 0) is 44.0 Å². The lowest BCUT2D eigenvalue weighted by atomic mass is 10.1. The van der Waals surface area contributed by atoms with Gasteiger partial charge in [0.15, 0.2) is 11.7 Å². The average molecular weight is 537 g/mol. The van der Waals surface area contributed by atoms with E-state index < -0.39 is 0 Å². The second-order valence-electron chi connectivity index (χ2n) is 7.87. The molecule has 1 fully saturated rings. The molecular formula is C23H32IN5O2. The van der Waals surface area contributed by atoms with Crippen LogP contribution in [0.5, 0.6) is 0 Å². The maximum Gasteiger partial charge on any atom is 0.289 e. The summed E-state index contributed by atoms with van der Waals surface area (Å²) in [6, 6.07) is 12.6. The molecule has 0 saturated carbocycles. The molecule has 8 heteroatoms. The third-order valence-corrected chi connectivity index (χ3v) is 5.88. The zero-order chi connectivity index (χ0) is 20.9. The molecule has 4 rings (SSSR count). The Bertz CT molecular complexity index is 878. The Morgan fingerprint density at radius 3 is 2.58 bits per heavy atom. The minimum absolute atomic E-state index is 0. The molecule has 0 spiro atoms. The molecule has 2 aliphatic rings. The summed E-state index contributed by atoms with van der Waals surface area (Å²) in [7, 11) is 0. The van der Waals surface area contributed by atoms with Gasteiger partial charge in [0.25, 0.3) is 5.91 Å². The molecule has 0 bridgehead atoms. The van der Waals surface area contributed by atoms with Crippen molar-refractivity contribution in [2.24, 2.45) is 4.99 Å². The van der Waals surface area contributed by atoms with Gasteiger partial charge >= 0.3 is 0 Å². The van der Waals surface area contributed by atoms with E-state index in [1.54, 1.807) is 18.4 Å². The van der Waals surface area contributed by atoms with Crippen LogP contribution >= 0.6 is 24.0 Å². The Balaban J connectivity index is 0.00000272. The standard InChI is InChI=1S/C23H31N5O2.HI/c1-3-24-23(25-10-11-28-18(2)17-19-7-4-5-8-20(19)28)27-14-12-26(13-15-27)22(29)21-9-6-16-30-21;/h4-9,16,18H,3,10-15,17H2,1-2H3,(H,24,25);1H. The topological polar surface area (TPSA) is 64.3 Å². The number of carbonyl (C=O) groups is 1. The molecular weight excluding hydrogens is 505 g/mol. The predicted octanol–water partition coefficient (Wildman–Crippen LogP) is 3.07. The normalized spacial score (nSPS) is 18.6. The van der Waals surface area contributed by atoms with E-state index >= 15 is 0 Å². The van der Waals surface area contributed by atoms with Crippen LogP contribution in [0.2, 0.25) is 0 Å². The lowest BCUT2D eigenvalue weighted by Gasteiger charge is -2.36. The third-order valence-electron chi connectivity index (χ3n) is 5.88. The maximum absolute atomic E-state index is 12.5. The highest BCUT2D eigenvalue weighted by atomic mass is 127.